The highest BCUT2D eigenvalue weighted by Gasteiger charge is 2.36. The van der Waals surface area contributed by atoms with Gasteiger partial charge in [-0.2, -0.15) is 0 Å². The predicted octanol–water partition coefficient (Wildman–Crippen LogP) is 11.0. The zero-order valence-corrected chi connectivity index (χ0v) is 43.1. The van der Waals surface area contributed by atoms with Crippen molar-refractivity contribution >= 4 is 47.6 Å². The molecule has 16 heteroatoms. The van der Waals surface area contributed by atoms with Crippen LogP contribution in [0.4, 0.5) is 0 Å². The Labute approximate surface area is 436 Å². The van der Waals surface area contributed by atoms with Crippen molar-refractivity contribution in [3.63, 3.8) is 0 Å². The Morgan fingerprint density at radius 1 is 0.644 bits per heavy atom. The van der Waals surface area contributed by atoms with Crippen molar-refractivity contribution < 1.29 is 38.7 Å². The predicted molar refractivity (Wildman–Crippen MR) is 283 cm³/mol. The van der Waals surface area contributed by atoms with Crippen LogP contribution in [-0.2, 0) is 49.1 Å². The molecule has 4 heterocycles. The van der Waals surface area contributed by atoms with E-state index in [1.807, 2.05) is 52.3 Å². The highest BCUT2D eigenvalue weighted by atomic mass is 35.5. The first kappa shape index (κ1) is 52.5. The van der Waals surface area contributed by atoms with Crippen molar-refractivity contribution in [3.05, 3.63) is 163 Å². The zero-order valence-electron chi connectivity index (χ0n) is 41.6. The smallest absolute Gasteiger partial charge is 0.320 e. The van der Waals surface area contributed by atoms with Crippen LogP contribution in [0.2, 0.25) is 10.0 Å². The molecule has 0 radical (unpaired) electrons. The van der Waals surface area contributed by atoms with E-state index in [0.29, 0.717) is 77.6 Å². The molecule has 380 valence electrons. The standard InChI is InChI=1S/C57H60Cl2N6O8/c1-34-12-50(56(66)67)64(26-34)28-44-16-48(58)54(18-52(44)70-30-40-14-38(20-60)22-62-24-40)72-32-42-8-6-10-46(36(42)3)47-11-7-9-43(37(47)4)33-73-55-19-53(71-31-41-15-39(21-61-5)23-63-25-41)45(17-49(55)59)29-65-27-35(2)13-51(65)57(68)69/h6-11,14-25,34-35,50-51,60H,12-13,26-33H2,1-5H3,(H,66,67)(H,68,69)/b60-20?,61-21+/t34-,35-,50-,51-/m0/s1. The Bertz CT molecular complexity index is 3020. The number of hydrogen-bond donors (Lipinski definition) is 3. The van der Waals surface area contributed by atoms with Crippen LogP contribution in [0.25, 0.3) is 11.1 Å². The zero-order chi connectivity index (χ0) is 51.8. The number of carboxylic acids is 2. The summed E-state index contributed by atoms with van der Waals surface area (Å²) in [7, 11) is 1.70. The number of aliphatic carboxylic acids is 2. The summed E-state index contributed by atoms with van der Waals surface area (Å²) in [6, 6.07) is 22.0. The first-order chi connectivity index (χ1) is 35.2. The average molecular weight is 1030 g/mol. The van der Waals surface area contributed by atoms with Gasteiger partial charge in [-0.25, -0.2) is 0 Å². The number of aliphatic imine (C=N–C) groups is 1. The summed E-state index contributed by atoms with van der Waals surface area (Å²) in [5.41, 5.74) is 10.6. The third-order valence-corrected chi connectivity index (χ3v) is 14.2. The van der Waals surface area contributed by atoms with Crippen LogP contribution < -0.4 is 18.9 Å². The number of nitrogens with one attached hydrogen (secondary N) is 1. The second kappa shape index (κ2) is 23.8. The summed E-state index contributed by atoms with van der Waals surface area (Å²) in [6.07, 6.45) is 10.8. The fourth-order valence-corrected chi connectivity index (χ4v) is 10.3. The first-order valence-corrected chi connectivity index (χ1v) is 25.0. The van der Waals surface area contributed by atoms with Gasteiger partial charge in [0.2, 0.25) is 0 Å². The van der Waals surface area contributed by atoms with E-state index in [4.69, 9.17) is 47.6 Å². The van der Waals surface area contributed by atoms with Crippen LogP contribution in [0.3, 0.4) is 0 Å². The van der Waals surface area contributed by atoms with Gasteiger partial charge < -0.3 is 34.6 Å². The molecule has 73 heavy (non-hydrogen) atoms. The number of halogens is 2. The molecule has 0 aliphatic carbocycles. The summed E-state index contributed by atoms with van der Waals surface area (Å²) >= 11 is 13.9. The van der Waals surface area contributed by atoms with Crippen molar-refractivity contribution in [1.29, 1.82) is 5.41 Å². The van der Waals surface area contributed by atoms with E-state index in [0.717, 1.165) is 61.2 Å². The van der Waals surface area contributed by atoms with Crippen molar-refractivity contribution in [2.45, 2.75) is 92.1 Å². The van der Waals surface area contributed by atoms with E-state index >= 15 is 0 Å². The Morgan fingerprint density at radius 2 is 1.08 bits per heavy atom. The maximum atomic E-state index is 12.2. The number of nitrogens with zero attached hydrogens (tertiary/aromatic N) is 5. The second-order valence-electron chi connectivity index (χ2n) is 19.1. The molecule has 0 unspecified atom stereocenters. The molecule has 0 amide bonds. The number of benzene rings is 4. The number of hydrogen-bond acceptors (Lipinski definition) is 12. The van der Waals surface area contributed by atoms with Gasteiger partial charge in [0.15, 0.2) is 0 Å². The molecule has 0 saturated carbocycles. The number of carbonyl (C=O) groups is 2. The van der Waals surface area contributed by atoms with E-state index in [9.17, 15) is 19.8 Å². The van der Waals surface area contributed by atoms with Crippen LogP contribution >= 0.6 is 23.2 Å². The highest BCUT2D eigenvalue weighted by molar-refractivity contribution is 6.32. The lowest BCUT2D eigenvalue weighted by Crippen LogP contribution is -2.35. The maximum Gasteiger partial charge on any atom is 0.320 e. The Kier molecular flexibility index (Phi) is 17.1. The van der Waals surface area contributed by atoms with Gasteiger partial charge in [0, 0.05) is 116 Å². The van der Waals surface area contributed by atoms with Gasteiger partial charge in [-0.3, -0.25) is 34.3 Å². The monoisotopic (exact) mass is 1030 g/mol. The van der Waals surface area contributed by atoms with E-state index in [1.54, 1.807) is 56.2 Å². The normalized spacial score (nSPS) is 18.0. The van der Waals surface area contributed by atoms with Gasteiger partial charge in [0.1, 0.15) is 61.5 Å². The van der Waals surface area contributed by atoms with Gasteiger partial charge in [0.05, 0.1) is 10.0 Å². The Hall–Kier alpha value is -6.84. The summed E-state index contributed by atoms with van der Waals surface area (Å²) in [5.74, 6) is 0.642. The molecular formula is C57H60Cl2N6O8. The van der Waals surface area contributed by atoms with Crippen molar-refractivity contribution in [1.82, 2.24) is 19.8 Å². The molecule has 8 rings (SSSR count). The molecule has 14 nitrogen and oxygen atoms in total. The molecule has 2 aromatic heterocycles. The third kappa shape index (κ3) is 12.9. The lowest BCUT2D eigenvalue weighted by atomic mass is 9.92. The molecule has 0 spiro atoms. The van der Waals surface area contributed by atoms with E-state index < -0.39 is 24.0 Å². The van der Waals surface area contributed by atoms with E-state index in [-0.39, 0.29) is 38.3 Å². The fraction of sp³-hybridized carbons (Fsp3) is 0.333. The minimum absolute atomic E-state index is 0.166. The average Bonchev–Trinajstić information content (AvgIpc) is 3.94. The fourth-order valence-electron chi connectivity index (χ4n) is 9.82. The molecule has 2 aliphatic heterocycles. The molecule has 2 saturated heterocycles. The van der Waals surface area contributed by atoms with E-state index in [1.165, 1.54) is 6.21 Å². The minimum atomic E-state index is -0.856. The maximum absolute atomic E-state index is 12.2. The quantitative estimate of drug-likeness (QED) is 0.0582. The van der Waals surface area contributed by atoms with Gasteiger partial charge in [-0.1, -0.05) is 73.4 Å². The summed E-state index contributed by atoms with van der Waals surface area (Å²) in [4.78, 5) is 41.0. The van der Waals surface area contributed by atoms with Gasteiger partial charge in [0.25, 0.3) is 0 Å². The van der Waals surface area contributed by atoms with Crippen LogP contribution in [0, 0.1) is 31.1 Å². The van der Waals surface area contributed by atoms with Crippen LogP contribution in [0.5, 0.6) is 23.0 Å². The van der Waals surface area contributed by atoms with Crippen molar-refractivity contribution in [2.24, 2.45) is 16.8 Å². The topological polar surface area (TPSA) is 180 Å². The highest BCUT2D eigenvalue weighted by Crippen LogP contribution is 2.39. The summed E-state index contributed by atoms with van der Waals surface area (Å²) in [6.45, 7) is 11.0. The van der Waals surface area contributed by atoms with Gasteiger partial charge >= 0.3 is 11.9 Å². The summed E-state index contributed by atoms with van der Waals surface area (Å²) < 4.78 is 25.8. The largest absolute Gasteiger partial charge is 0.488 e. The molecule has 4 atom stereocenters. The minimum Gasteiger partial charge on any atom is -0.488 e. The second-order valence-corrected chi connectivity index (χ2v) is 20.0. The SMILES string of the molecule is C/N=C/c1cncc(COc2cc(OCc3cccc(-c4cccc(COc5cc(OCc6cncc(C=N)c6)c(CN6C[C@@H](C)C[C@H]6C(=O)O)cc5Cl)c4C)c3C)c(Cl)cc2CN2C[C@@H](C)C[C@H]2C(=O)O)c1. The van der Waals surface area contributed by atoms with Crippen LogP contribution in [0.1, 0.15) is 82.3 Å². The lowest BCUT2D eigenvalue weighted by Gasteiger charge is -2.24. The number of rotatable bonds is 21. The van der Waals surface area contributed by atoms with Crippen LogP contribution in [-0.4, -0.2) is 86.6 Å². The Morgan fingerprint density at radius 3 is 1.52 bits per heavy atom. The summed E-state index contributed by atoms with van der Waals surface area (Å²) in [5, 5.41) is 28.4. The number of likely N-dealkylation sites (tertiary alicyclic amines) is 2. The molecule has 4 aromatic carbocycles. The molecular weight excluding hydrogens is 968 g/mol. The number of pyridine rings is 2. The van der Waals surface area contributed by atoms with Gasteiger partial charge in [-0.05, 0) is 96.2 Å². The van der Waals surface area contributed by atoms with Gasteiger partial charge in [-0.15, -0.1) is 0 Å². The third-order valence-electron chi connectivity index (χ3n) is 13.6. The number of aromatic nitrogens is 2. The van der Waals surface area contributed by atoms with Crippen molar-refractivity contribution in [3.8, 4) is 34.1 Å². The molecule has 0 bridgehead atoms. The molecule has 2 fully saturated rings. The number of carboxylic acid groups (broad SMARTS) is 2. The first-order valence-electron chi connectivity index (χ1n) is 24.2. The molecule has 2 aliphatic rings. The molecule has 3 N–H and O–H groups in total. The van der Waals surface area contributed by atoms with Crippen LogP contribution in [0.15, 0.2) is 103 Å². The van der Waals surface area contributed by atoms with E-state index in [2.05, 4.69) is 54.8 Å². The number of ether oxygens (including phenoxy) is 4. The van der Waals surface area contributed by atoms with Crippen molar-refractivity contribution in [2.75, 3.05) is 20.1 Å². The lowest BCUT2D eigenvalue weighted by molar-refractivity contribution is -0.143. The Balaban J connectivity index is 1.01. The molecule has 6 aromatic rings.